The molecule has 0 aliphatic carbocycles. The van der Waals surface area contributed by atoms with Gasteiger partial charge in [0.05, 0.1) is 13.0 Å². The number of methoxy groups -OCH3 is 1. The molecule has 1 saturated heterocycles. The Balaban J connectivity index is 1.84. The van der Waals surface area contributed by atoms with Gasteiger partial charge in [-0.05, 0) is 18.9 Å². The summed E-state index contributed by atoms with van der Waals surface area (Å²) in [4.78, 5) is 18.0. The summed E-state index contributed by atoms with van der Waals surface area (Å²) in [5, 5.41) is 4.05. The number of rotatable bonds is 2. The molecular weight excluding hydrogens is 258 g/mol. The fourth-order valence-electron chi connectivity index (χ4n) is 2.66. The van der Waals surface area contributed by atoms with Gasteiger partial charge in [-0.2, -0.15) is 4.98 Å². The molecule has 20 heavy (non-hydrogen) atoms. The summed E-state index contributed by atoms with van der Waals surface area (Å²) in [6, 6.07) is 3.89. The average Bonchev–Trinajstić information content (AvgIpc) is 2.85. The molecule has 3 rings (SSSR count). The normalized spacial score (nSPS) is 19.2. The van der Waals surface area contributed by atoms with E-state index in [1.54, 1.807) is 4.52 Å². The summed E-state index contributed by atoms with van der Waals surface area (Å²) in [7, 11) is 1.44. The second kappa shape index (κ2) is 4.99. The number of carbonyl (C=O) groups is 1. The maximum Gasteiger partial charge on any atom is 0.310 e. The number of nitrogens with two attached hydrogens (primary N) is 1. The van der Waals surface area contributed by atoms with Gasteiger partial charge in [-0.15, -0.1) is 5.10 Å². The Kier molecular flexibility index (Phi) is 3.17. The van der Waals surface area contributed by atoms with E-state index < -0.39 is 0 Å². The van der Waals surface area contributed by atoms with Crippen LogP contribution in [0.2, 0.25) is 0 Å². The predicted octanol–water partition coefficient (Wildman–Crippen LogP) is 0.701. The van der Waals surface area contributed by atoms with Crippen LogP contribution in [0.5, 0.6) is 0 Å². The second-order valence-electron chi connectivity index (χ2n) is 4.97. The lowest BCUT2D eigenvalue weighted by Crippen LogP contribution is -2.39. The summed E-state index contributed by atoms with van der Waals surface area (Å²) in [5.41, 5.74) is 7.32. The quantitative estimate of drug-likeness (QED) is 0.812. The first-order valence-corrected chi connectivity index (χ1v) is 6.62. The minimum Gasteiger partial charge on any atom is -0.469 e. The maximum atomic E-state index is 11.7. The number of carbonyl (C=O) groups excluding carboxylic acids is 1. The number of ether oxygens (including phenoxy) is 1. The molecular formula is C13H17N5O2. The van der Waals surface area contributed by atoms with E-state index in [2.05, 4.69) is 15.0 Å². The van der Waals surface area contributed by atoms with E-state index in [0.29, 0.717) is 12.2 Å². The largest absolute Gasteiger partial charge is 0.469 e. The molecule has 0 radical (unpaired) electrons. The number of pyridine rings is 1. The van der Waals surface area contributed by atoms with Gasteiger partial charge < -0.3 is 15.4 Å². The number of aromatic nitrogens is 3. The number of nitrogen functional groups attached to an aromatic ring is 1. The van der Waals surface area contributed by atoms with Crippen LogP contribution >= 0.6 is 0 Å². The van der Waals surface area contributed by atoms with Crippen molar-refractivity contribution in [3.8, 4) is 0 Å². The molecule has 0 aromatic carbocycles. The first kappa shape index (κ1) is 12.7. The summed E-state index contributed by atoms with van der Waals surface area (Å²) in [6.45, 7) is 1.60. The zero-order chi connectivity index (χ0) is 14.1. The lowest BCUT2D eigenvalue weighted by atomic mass is 9.98. The molecule has 1 aliphatic rings. The highest BCUT2D eigenvalue weighted by Crippen LogP contribution is 2.24. The van der Waals surface area contributed by atoms with Gasteiger partial charge in [0.25, 0.3) is 0 Å². The van der Waals surface area contributed by atoms with E-state index in [1.807, 2.05) is 18.3 Å². The van der Waals surface area contributed by atoms with Crippen molar-refractivity contribution < 1.29 is 9.53 Å². The van der Waals surface area contributed by atoms with Crippen molar-refractivity contribution in [2.75, 3.05) is 30.8 Å². The molecule has 7 nitrogen and oxygen atoms in total. The van der Waals surface area contributed by atoms with Crippen molar-refractivity contribution in [3.05, 3.63) is 18.3 Å². The van der Waals surface area contributed by atoms with E-state index in [9.17, 15) is 4.79 Å². The van der Waals surface area contributed by atoms with Gasteiger partial charge in [0.15, 0.2) is 5.65 Å². The Hall–Kier alpha value is -2.31. The number of hydrogen-bond acceptors (Lipinski definition) is 6. The van der Waals surface area contributed by atoms with Gasteiger partial charge in [-0.3, -0.25) is 4.79 Å². The van der Waals surface area contributed by atoms with E-state index in [-0.39, 0.29) is 17.8 Å². The fraction of sp³-hybridized carbons (Fsp3) is 0.462. The number of piperidine rings is 1. The predicted molar refractivity (Wildman–Crippen MR) is 74.4 cm³/mol. The fourth-order valence-corrected chi connectivity index (χ4v) is 2.66. The summed E-state index contributed by atoms with van der Waals surface area (Å²) >= 11 is 0. The molecule has 3 heterocycles. The second-order valence-corrected chi connectivity index (χ2v) is 4.97. The third-order valence-corrected chi connectivity index (χ3v) is 3.66. The smallest absolute Gasteiger partial charge is 0.310 e. The summed E-state index contributed by atoms with van der Waals surface area (Å²) < 4.78 is 6.48. The number of anilines is 2. The number of nitrogens with zero attached hydrogens (tertiary/aromatic N) is 4. The summed E-state index contributed by atoms with van der Waals surface area (Å²) in [5.74, 6) is 0.0589. The van der Waals surface area contributed by atoms with Crippen LogP contribution in [-0.4, -0.2) is 40.8 Å². The monoisotopic (exact) mass is 275 g/mol. The standard InChI is InChI=1S/C13H17N5O2/c1-20-12(19)9-3-2-5-17(8-9)10-4-6-18-11(7-10)15-13(14)16-18/h4,6-7,9H,2-3,5,8H2,1H3,(H2,14,16). The topological polar surface area (TPSA) is 85.8 Å². The first-order valence-electron chi connectivity index (χ1n) is 6.62. The molecule has 0 bridgehead atoms. The van der Waals surface area contributed by atoms with Crippen LogP contribution in [0.15, 0.2) is 18.3 Å². The number of hydrogen-bond donors (Lipinski definition) is 1. The zero-order valence-electron chi connectivity index (χ0n) is 11.3. The van der Waals surface area contributed by atoms with Gasteiger partial charge in [-0.25, -0.2) is 4.52 Å². The van der Waals surface area contributed by atoms with Gasteiger partial charge in [-0.1, -0.05) is 0 Å². The Morgan fingerprint density at radius 3 is 3.20 bits per heavy atom. The third kappa shape index (κ3) is 2.26. The van der Waals surface area contributed by atoms with Crippen molar-refractivity contribution in [3.63, 3.8) is 0 Å². The minimum absolute atomic E-state index is 0.0621. The Labute approximate surface area is 116 Å². The van der Waals surface area contributed by atoms with Crippen LogP contribution in [0, 0.1) is 5.92 Å². The SMILES string of the molecule is COC(=O)C1CCCN(c2ccn3nc(N)nc3c2)C1. The molecule has 2 aromatic heterocycles. The molecule has 0 spiro atoms. The van der Waals surface area contributed by atoms with Crippen LogP contribution in [-0.2, 0) is 9.53 Å². The van der Waals surface area contributed by atoms with Gasteiger partial charge in [0.1, 0.15) is 0 Å². The lowest BCUT2D eigenvalue weighted by molar-refractivity contribution is -0.145. The van der Waals surface area contributed by atoms with Crippen molar-refractivity contribution in [2.24, 2.45) is 5.92 Å². The van der Waals surface area contributed by atoms with Gasteiger partial charge in [0.2, 0.25) is 5.95 Å². The van der Waals surface area contributed by atoms with Crippen LogP contribution < -0.4 is 10.6 Å². The van der Waals surface area contributed by atoms with E-state index in [4.69, 9.17) is 10.5 Å². The summed E-state index contributed by atoms with van der Waals surface area (Å²) in [6.07, 6.45) is 3.68. The van der Waals surface area contributed by atoms with E-state index in [0.717, 1.165) is 25.1 Å². The average molecular weight is 275 g/mol. The molecule has 2 N–H and O–H groups in total. The maximum absolute atomic E-state index is 11.7. The molecule has 1 fully saturated rings. The highest BCUT2D eigenvalue weighted by Gasteiger charge is 2.26. The Bertz CT molecular complexity index is 639. The van der Waals surface area contributed by atoms with Crippen molar-refractivity contribution in [1.29, 1.82) is 0 Å². The molecule has 1 aliphatic heterocycles. The molecule has 1 atom stereocenters. The molecule has 1 unspecified atom stereocenters. The Morgan fingerprint density at radius 2 is 2.40 bits per heavy atom. The van der Waals surface area contributed by atoms with Crippen LogP contribution in [0.1, 0.15) is 12.8 Å². The first-order chi connectivity index (χ1) is 9.67. The van der Waals surface area contributed by atoms with E-state index in [1.165, 1.54) is 7.11 Å². The molecule has 0 amide bonds. The van der Waals surface area contributed by atoms with Gasteiger partial charge >= 0.3 is 5.97 Å². The van der Waals surface area contributed by atoms with Crippen LogP contribution in [0.25, 0.3) is 5.65 Å². The molecule has 2 aromatic rings. The van der Waals surface area contributed by atoms with Crippen molar-refractivity contribution in [2.45, 2.75) is 12.8 Å². The number of fused-ring (bicyclic) bond motifs is 1. The molecule has 0 saturated carbocycles. The van der Waals surface area contributed by atoms with Crippen molar-refractivity contribution in [1.82, 2.24) is 14.6 Å². The van der Waals surface area contributed by atoms with E-state index >= 15 is 0 Å². The lowest BCUT2D eigenvalue weighted by Gasteiger charge is -2.33. The third-order valence-electron chi connectivity index (χ3n) is 3.66. The number of esters is 1. The van der Waals surface area contributed by atoms with Gasteiger partial charge in [0, 0.05) is 31.0 Å². The highest BCUT2D eigenvalue weighted by molar-refractivity contribution is 5.73. The van der Waals surface area contributed by atoms with Crippen molar-refractivity contribution >= 4 is 23.3 Å². The van der Waals surface area contributed by atoms with Crippen LogP contribution in [0.3, 0.4) is 0 Å². The zero-order valence-corrected chi connectivity index (χ0v) is 11.3. The van der Waals surface area contributed by atoms with Crippen LogP contribution in [0.4, 0.5) is 11.6 Å². The molecule has 106 valence electrons. The Morgan fingerprint density at radius 1 is 1.55 bits per heavy atom. The minimum atomic E-state index is -0.137. The molecule has 7 heteroatoms. The highest BCUT2D eigenvalue weighted by atomic mass is 16.5.